The number of aromatic nitrogens is 1. The zero-order valence-electron chi connectivity index (χ0n) is 20.4. The highest BCUT2D eigenvalue weighted by Gasteiger charge is 2.25. The molecule has 0 spiro atoms. The lowest BCUT2D eigenvalue weighted by Gasteiger charge is -2.37. The van der Waals surface area contributed by atoms with Crippen LogP contribution in [0.1, 0.15) is 16.8 Å². The summed E-state index contributed by atoms with van der Waals surface area (Å²) >= 11 is 0. The number of pyridine rings is 1. The minimum atomic E-state index is 0.000695. The standard InChI is InChI=1S/C26H36N6O2/c1-21-6-5-7-22(2)26(21)28-24(33)19-30-14-16-32(17-15-30)25(34)20-31-12-10-29(11-13-31)18-23-8-3-4-9-27-23/h3-9H,10-20H2,1-2H3,(H,28,33). The van der Waals surface area contributed by atoms with E-state index in [1.807, 2.05) is 55.3 Å². The van der Waals surface area contributed by atoms with Gasteiger partial charge in [-0.2, -0.15) is 0 Å². The van der Waals surface area contributed by atoms with Gasteiger partial charge in [0.2, 0.25) is 11.8 Å². The first-order chi connectivity index (χ1) is 16.5. The fraction of sp³-hybridized carbons (Fsp3) is 0.500. The summed E-state index contributed by atoms with van der Waals surface area (Å²) in [6.07, 6.45) is 1.83. The lowest BCUT2D eigenvalue weighted by atomic mass is 10.1. The summed E-state index contributed by atoms with van der Waals surface area (Å²) in [6.45, 7) is 12.2. The number of amides is 2. The Hall–Kier alpha value is -2.81. The number of piperazine rings is 2. The van der Waals surface area contributed by atoms with Crippen LogP contribution in [0.3, 0.4) is 0 Å². The van der Waals surface area contributed by atoms with Crippen LogP contribution in [0.2, 0.25) is 0 Å². The number of hydrogen-bond acceptors (Lipinski definition) is 6. The van der Waals surface area contributed by atoms with Gasteiger partial charge in [0.25, 0.3) is 0 Å². The first-order valence-corrected chi connectivity index (χ1v) is 12.2. The maximum Gasteiger partial charge on any atom is 0.238 e. The summed E-state index contributed by atoms with van der Waals surface area (Å²) in [5, 5.41) is 3.06. The number of carbonyl (C=O) groups is 2. The molecule has 8 heteroatoms. The fourth-order valence-electron chi connectivity index (χ4n) is 4.67. The molecule has 2 aromatic rings. The zero-order chi connectivity index (χ0) is 23.9. The topological polar surface area (TPSA) is 72.0 Å². The normalized spacial score (nSPS) is 18.1. The highest BCUT2D eigenvalue weighted by molar-refractivity contribution is 5.93. The van der Waals surface area contributed by atoms with Gasteiger partial charge in [-0.25, -0.2) is 0 Å². The first-order valence-electron chi connectivity index (χ1n) is 12.2. The minimum Gasteiger partial charge on any atom is -0.339 e. The van der Waals surface area contributed by atoms with Crippen molar-refractivity contribution >= 4 is 17.5 Å². The van der Waals surface area contributed by atoms with E-state index in [1.54, 1.807) is 0 Å². The second kappa shape index (κ2) is 11.6. The van der Waals surface area contributed by atoms with Crippen molar-refractivity contribution in [3.05, 3.63) is 59.4 Å². The van der Waals surface area contributed by atoms with Crippen LogP contribution in [0.5, 0.6) is 0 Å². The van der Waals surface area contributed by atoms with Gasteiger partial charge in [-0.15, -0.1) is 0 Å². The molecule has 3 heterocycles. The molecule has 0 atom stereocenters. The van der Waals surface area contributed by atoms with E-state index in [0.717, 1.165) is 68.3 Å². The van der Waals surface area contributed by atoms with Crippen molar-refractivity contribution in [1.82, 2.24) is 24.6 Å². The van der Waals surface area contributed by atoms with E-state index in [-0.39, 0.29) is 11.8 Å². The molecule has 8 nitrogen and oxygen atoms in total. The summed E-state index contributed by atoms with van der Waals surface area (Å²) < 4.78 is 0. The average molecular weight is 465 g/mol. The van der Waals surface area contributed by atoms with Gasteiger partial charge in [0, 0.05) is 70.8 Å². The number of nitrogens with zero attached hydrogens (tertiary/aromatic N) is 5. The Morgan fingerprint density at radius 1 is 0.794 bits per heavy atom. The van der Waals surface area contributed by atoms with Crippen molar-refractivity contribution in [2.24, 2.45) is 0 Å². The predicted octanol–water partition coefficient (Wildman–Crippen LogP) is 1.60. The number of rotatable bonds is 7. The van der Waals surface area contributed by atoms with Crippen molar-refractivity contribution in [1.29, 1.82) is 0 Å². The molecule has 182 valence electrons. The Labute approximate surface area is 202 Å². The first kappa shape index (κ1) is 24.3. The lowest BCUT2D eigenvalue weighted by molar-refractivity contribution is -0.134. The molecule has 0 unspecified atom stereocenters. The van der Waals surface area contributed by atoms with Crippen LogP contribution >= 0.6 is 0 Å². The Morgan fingerprint density at radius 2 is 1.41 bits per heavy atom. The summed E-state index contributed by atoms with van der Waals surface area (Å²) in [4.78, 5) is 38.5. The molecular weight excluding hydrogens is 428 g/mol. The molecule has 2 aliphatic rings. The molecule has 1 N–H and O–H groups in total. The molecule has 1 aromatic heterocycles. The molecule has 0 saturated carbocycles. The summed E-state index contributed by atoms with van der Waals surface area (Å²) in [5.74, 6) is 0.193. The number of carbonyl (C=O) groups excluding carboxylic acids is 2. The van der Waals surface area contributed by atoms with Gasteiger partial charge < -0.3 is 10.2 Å². The molecule has 1 aromatic carbocycles. The van der Waals surface area contributed by atoms with E-state index in [2.05, 4.69) is 31.1 Å². The number of para-hydroxylation sites is 1. The van der Waals surface area contributed by atoms with E-state index in [1.165, 1.54) is 0 Å². The fourth-order valence-corrected chi connectivity index (χ4v) is 4.67. The van der Waals surface area contributed by atoms with E-state index in [0.29, 0.717) is 26.2 Å². The van der Waals surface area contributed by atoms with Crippen LogP contribution in [-0.4, -0.2) is 102 Å². The quantitative estimate of drug-likeness (QED) is 0.671. The SMILES string of the molecule is Cc1cccc(C)c1NC(=O)CN1CCN(C(=O)CN2CCN(Cc3ccccn3)CC2)CC1. The number of anilines is 1. The third kappa shape index (κ3) is 6.62. The summed E-state index contributed by atoms with van der Waals surface area (Å²) in [6, 6.07) is 12.0. The van der Waals surface area contributed by atoms with E-state index >= 15 is 0 Å². The maximum absolute atomic E-state index is 12.8. The zero-order valence-corrected chi connectivity index (χ0v) is 20.4. The van der Waals surface area contributed by atoms with E-state index in [9.17, 15) is 9.59 Å². The van der Waals surface area contributed by atoms with Crippen molar-refractivity contribution in [2.45, 2.75) is 20.4 Å². The van der Waals surface area contributed by atoms with Crippen molar-refractivity contribution < 1.29 is 9.59 Å². The van der Waals surface area contributed by atoms with Crippen LogP contribution in [0.25, 0.3) is 0 Å². The molecule has 4 rings (SSSR count). The predicted molar refractivity (Wildman–Crippen MR) is 134 cm³/mol. The number of benzene rings is 1. The molecule has 0 bridgehead atoms. The molecule has 0 aliphatic carbocycles. The van der Waals surface area contributed by atoms with Crippen LogP contribution in [0, 0.1) is 13.8 Å². The Morgan fingerprint density at radius 3 is 2.06 bits per heavy atom. The second-order valence-corrected chi connectivity index (χ2v) is 9.35. The molecule has 2 fully saturated rings. The highest BCUT2D eigenvalue weighted by Crippen LogP contribution is 2.19. The number of aryl methyl sites for hydroxylation is 2. The molecule has 2 aliphatic heterocycles. The second-order valence-electron chi connectivity index (χ2n) is 9.35. The molecular formula is C26H36N6O2. The number of nitrogens with one attached hydrogen (secondary N) is 1. The largest absolute Gasteiger partial charge is 0.339 e. The van der Waals surface area contributed by atoms with E-state index < -0.39 is 0 Å². The monoisotopic (exact) mass is 464 g/mol. The van der Waals surface area contributed by atoms with Crippen LogP contribution in [-0.2, 0) is 16.1 Å². The van der Waals surface area contributed by atoms with E-state index in [4.69, 9.17) is 0 Å². The third-order valence-electron chi connectivity index (χ3n) is 6.77. The van der Waals surface area contributed by atoms with Crippen LogP contribution < -0.4 is 5.32 Å². The van der Waals surface area contributed by atoms with Gasteiger partial charge in [-0.3, -0.25) is 29.3 Å². The Bertz CT molecular complexity index is 946. The van der Waals surface area contributed by atoms with Crippen LogP contribution in [0.15, 0.2) is 42.6 Å². The Balaban J connectivity index is 1.15. The molecule has 2 saturated heterocycles. The Kier molecular flexibility index (Phi) is 8.26. The maximum atomic E-state index is 12.8. The van der Waals surface area contributed by atoms with Gasteiger partial charge in [-0.05, 0) is 37.1 Å². The van der Waals surface area contributed by atoms with Gasteiger partial charge >= 0.3 is 0 Å². The minimum absolute atomic E-state index is 0.000695. The van der Waals surface area contributed by atoms with Gasteiger partial charge in [0.1, 0.15) is 0 Å². The van der Waals surface area contributed by atoms with Gasteiger partial charge in [0.05, 0.1) is 18.8 Å². The van der Waals surface area contributed by atoms with Gasteiger partial charge in [0.15, 0.2) is 0 Å². The third-order valence-corrected chi connectivity index (χ3v) is 6.77. The highest BCUT2D eigenvalue weighted by atomic mass is 16.2. The van der Waals surface area contributed by atoms with Crippen LogP contribution in [0.4, 0.5) is 5.69 Å². The average Bonchev–Trinajstić information content (AvgIpc) is 2.84. The number of hydrogen-bond donors (Lipinski definition) is 1. The molecule has 0 radical (unpaired) electrons. The lowest BCUT2D eigenvalue weighted by Crippen LogP contribution is -2.54. The summed E-state index contributed by atoms with van der Waals surface area (Å²) in [7, 11) is 0. The van der Waals surface area contributed by atoms with Crippen molar-refractivity contribution in [2.75, 3.05) is 70.8 Å². The summed E-state index contributed by atoms with van der Waals surface area (Å²) in [5.41, 5.74) is 4.14. The van der Waals surface area contributed by atoms with Crippen molar-refractivity contribution in [3.63, 3.8) is 0 Å². The van der Waals surface area contributed by atoms with Gasteiger partial charge in [-0.1, -0.05) is 24.3 Å². The smallest absolute Gasteiger partial charge is 0.238 e. The van der Waals surface area contributed by atoms with Crippen molar-refractivity contribution in [3.8, 4) is 0 Å². The molecule has 2 amide bonds. The molecule has 34 heavy (non-hydrogen) atoms.